The van der Waals surface area contributed by atoms with Gasteiger partial charge in [-0.25, -0.2) is 10.9 Å². The van der Waals surface area contributed by atoms with Gasteiger partial charge in [0.2, 0.25) is 0 Å². The molecule has 0 aliphatic heterocycles. The van der Waals surface area contributed by atoms with Crippen molar-refractivity contribution in [3.63, 3.8) is 0 Å². The molecule has 2 aromatic heterocycles. The van der Waals surface area contributed by atoms with E-state index in [4.69, 9.17) is 0 Å². The topological polar surface area (TPSA) is 114 Å². The van der Waals surface area contributed by atoms with Crippen LogP contribution in [0.15, 0.2) is 120 Å². The van der Waals surface area contributed by atoms with Gasteiger partial charge in [-0.3, -0.25) is 9.59 Å². The number of aromatic nitrogens is 2. The molecule has 4 N–H and O–H groups in total. The van der Waals surface area contributed by atoms with E-state index in [0.717, 1.165) is 44.1 Å². The molecule has 204 valence electrons. The number of fused-ring (bicyclic) bond motifs is 2. The maximum Gasteiger partial charge on any atom is 0.271 e. The van der Waals surface area contributed by atoms with E-state index >= 15 is 0 Å². The second-order valence-electron chi connectivity index (χ2n) is 9.62. The highest BCUT2D eigenvalue weighted by Gasteiger charge is 2.05. The van der Waals surface area contributed by atoms with Crippen molar-refractivity contribution in [3.05, 3.63) is 143 Å². The number of amides is 2. The molecular weight excluding hydrogens is 524 g/mol. The van der Waals surface area contributed by atoms with Crippen LogP contribution in [0.5, 0.6) is 0 Å². The van der Waals surface area contributed by atoms with Crippen LogP contribution >= 0.6 is 0 Å². The lowest BCUT2D eigenvalue weighted by molar-refractivity contribution is 0.0947. The molecule has 0 saturated heterocycles. The van der Waals surface area contributed by atoms with Crippen molar-refractivity contribution in [3.8, 4) is 0 Å². The van der Waals surface area contributed by atoms with Crippen molar-refractivity contribution in [2.24, 2.45) is 10.2 Å². The summed E-state index contributed by atoms with van der Waals surface area (Å²) in [6.45, 7) is 0. The minimum atomic E-state index is -0.288. The van der Waals surface area contributed by atoms with Crippen molar-refractivity contribution in [1.82, 2.24) is 20.8 Å². The van der Waals surface area contributed by atoms with Gasteiger partial charge in [0.05, 0.1) is 12.4 Å². The Labute approximate surface area is 241 Å². The SMILES string of the molecule is O=C(N/N=C/c1ccc2[nH]ccc2c1)c1ccc(/C=C/c2ccc(C(=O)N/N=C/c3ccc4[nH]ccc4c3)cc2)cc1. The van der Waals surface area contributed by atoms with E-state index in [-0.39, 0.29) is 11.8 Å². The zero-order valence-corrected chi connectivity index (χ0v) is 22.4. The third-order valence-electron chi connectivity index (χ3n) is 6.73. The maximum absolute atomic E-state index is 12.5. The summed E-state index contributed by atoms with van der Waals surface area (Å²) < 4.78 is 0. The number of carbonyl (C=O) groups is 2. The first-order valence-corrected chi connectivity index (χ1v) is 13.3. The third-order valence-corrected chi connectivity index (χ3v) is 6.73. The Balaban J connectivity index is 0.996. The zero-order valence-electron chi connectivity index (χ0n) is 22.4. The largest absolute Gasteiger partial charge is 0.361 e. The van der Waals surface area contributed by atoms with Crippen molar-refractivity contribution in [2.75, 3.05) is 0 Å². The minimum absolute atomic E-state index is 0.288. The van der Waals surface area contributed by atoms with Crippen LogP contribution in [0.25, 0.3) is 34.0 Å². The highest BCUT2D eigenvalue weighted by Crippen LogP contribution is 2.15. The molecule has 8 nitrogen and oxygen atoms in total. The number of hydrogen-bond acceptors (Lipinski definition) is 4. The minimum Gasteiger partial charge on any atom is -0.361 e. The van der Waals surface area contributed by atoms with E-state index in [1.165, 1.54) is 0 Å². The third kappa shape index (κ3) is 6.24. The fraction of sp³-hybridized carbons (Fsp3) is 0. The Hall–Kier alpha value is -6.02. The lowest BCUT2D eigenvalue weighted by Gasteiger charge is -2.02. The van der Waals surface area contributed by atoms with Crippen LogP contribution in [0.4, 0.5) is 0 Å². The van der Waals surface area contributed by atoms with Gasteiger partial charge in [0.1, 0.15) is 0 Å². The average molecular weight is 551 g/mol. The van der Waals surface area contributed by atoms with Gasteiger partial charge in [0.15, 0.2) is 0 Å². The van der Waals surface area contributed by atoms with E-state index in [2.05, 4.69) is 31.0 Å². The van der Waals surface area contributed by atoms with Crippen LogP contribution in [0, 0.1) is 0 Å². The number of H-pyrrole nitrogens is 2. The van der Waals surface area contributed by atoms with Crippen molar-refractivity contribution < 1.29 is 9.59 Å². The summed E-state index contributed by atoms with van der Waals surface area (Å²) in [5.74, 6) is -0.575. The first-order chi connectivity index (χ1) is 20.6. The molecule has 0 atom stereocenters. The fourth-order valence-corrected chi connectivity index (χ4v) is 4.45. The molecule has 0 bridgehead atoms. The molecular formula is C34H26N6O2. The lowest BCUT2D eigenvalue weighted by atomic mass is 10.1. The van der Waals surface area contributed by atoms with E-state index in [9.17, 15) is 9.59 Å². The van der Waals surface area contributed by atoms with E-state index in [1.54, 1.807) is 36.7 Å². The van der Waals surface area contributed by atoms with Crippen molar-refractivity contribution in [1.29, 1.82) is 0 Å². The number of rotatable bonds is 8. The van der Waals surface area contributed by atoms with E-state index in [0.29, 0.717) is 11.1 Å². The second kappa shape index (κ2) is 12.0. The molecule has 0 fully saturated rings. The number of nitrogens with zero attached hydrogens (tertiary/aromatic N) is 2. The van der Waals surface area contributed by atoms with Gasteiger partial charge in [-0.05, 0) is 93.7 Å². The molecule has 8 heteroatoms. The monoisotopic (exact) mass is 550 g/mol. The summed E-state index contributed by atoms with van der Waals surface area (Å²) in [7, 11) is 0. The number of hydrazone groups is 2. The van der Waals surface area contributed by atoms with Gasteiger partial charge in [-0.15, -0.1) is 0 Å². The Kier molecular flexibility index (Phi) is 7.50. The number of aromatic amines is 2. The molecule has 42 heavy (non-hydrogen) atoms. The van der Waals surface area contributed by atoms with Gasteiger partial charge < -0.3 is 9.97 Å². The Bertz CT molecular complexity index is 1820. The van der Waals surface area contributed by atoms with E-state index in [1.807, 2.05) is 97.3 Å². The quantitative estimate of drug-likeness (QED) is 0.101. The van der Waals surface area contributed by atoms with Gasteiger partial charge in [-0.1, -0.05) is 48.6 Å². The maximum atomic E-state index is 12.5. The van der Waals surface area contributed by atoms with Crippen LogP contribution < -0.4 is 10.9 Å². The molecule has 0 aliphatic rings. The van der Waals surface area contributed by atoms with Crippen LogP contribution in [0.1, 0.15) is 43.0 Å². The molecule has 2 heterocycles. The van der Waals surface area contributed by atoms with Gasteiger partial charge >= 0.3 is 0 Å². The van der Waals surface area contributed by atoms with Gasteiger partial charge in [-0.2, -0.15) is 10.2 Å². The smallest absolute Gasteiger partial charge is 0.271 e. The number of carbonyl (C=O) groups excluding carboxylic acids is 2. The highest BCUT2D eigenvalue weighted by molar-refractivity contribution is 5.97. The Morgan fingerprint density at radius 2 is 0.929 bits per heavy atom. The molecule has 0 aliphatic carbocycles. The van der Waals surface area contributed by atoms with Crippen molar-refractivity contribution in [2.45, 2.75) is 0 Å². The summed E-state index contributed by atoms with van der Waals surface area (Å²) in [5.41, 5.74) is 11.9. The standard InChI is InChI=1S/C34H26N6O2/c41-33(39-37-21-25-7-13-31-29(19-25)15-17-35-31)27-9-3-23(4-10-27)1-2-24-5-11-28(12-6-24)34(42)40-38-22-26-8-14-32-30(20-26)16-18-36-32/h1-22,35-36H,(H,39,41)(H,40,42)/b2-1+,37-21+,38-22+. The molecule has 0 saturated carbocycles. The fourth-order valence-electron chi connectivity index (χ4n) is 4.45. The predicted octanol–water partition coefficient (Wildman–Crippen LogP) is 6.35. The van der Waals surface area contributed by atoms with E-state index < -0.39 is 0 Å². The van der Waals surface area contributed by atoms with Crippen molar-refractivity contribution >= 4 is 58.2 Å². The molecule has 6 rings (SSSR count). The number of benzene rings is 4. The molecule has 0 spiro atoms. The summed E-state index contributed by atoms with van der Waals surface area (Å²) in [6.07, 6.45) is 10.9. The summed E-state index contributed by atoms with van der Waals surface area (Å²) in [4.78, 5) is 31.2. The zero-order chi connectivity index (χ0) is 28.7. The predicted molar refractivity (Wildman–Crippen MR) is 169 cm³/mol. The number of nitrogens with one attached hydrogen (secondary N) is 4. The second-order valence-corrected chi connectivity index (χ2v) is 9.62. The van der Waals surface area contributed by atoms with Crippen LogP contribution in [0.2, 0.25) is 0 Å². The Morgan fingerprint density at radius 1 is 0.524 bits per heavy atom. The summed E-state index contributed by atoms with van der Waals surface area (Å²) in [5, 5.41) is 10.3. The highest BCUT2D eigenvalue weighted by atomic mass is 16.2. The normalized spacial score (nSPS) is 11.7. The molecule has 6 aromatic rings. The molecule has 2 amide bonds. The molecule has 0 radical (unpaired) electrons. The summed E-state index contributed by atoms with van der Waals surface area (Å²) in [6, 6.07) is 30.2. The molecule has 4 aromatic carbocycles. The Morgan fingerprint density at radius 3 is 1.36 bits per heavy atom. The molecule has 0 unspecified atom stereocenters. The van der Waals surface area contributed by atoms with Gasteiger partial charge in [0, 0.05) is 34.6 Å². The first kappa shape index (κ1) is 26.2. The average Bonchev–Trinajstić information content (AvgIpc) is 3.69. The summed E-state index contributed by atoms with van der Waals surface area (Å²) >= 11 is 0. The van der Waals surface area contributed by atoms with Crippen LogP contribution in [-0.2, 0) is 0 Å². The number of hydrogen-bond donors (Lipinski definition) is 4. The van der Waals surface area contributed by atoms with Crippen LogP contribution in [-0.4, -0.2) is 34.2 Å². The lowest BCUT2D eigenvalue weighted by Crippen LogP contribution is -2.17. The van der Waals surface area contributed by atoms with Crippen LogP contribution in [0.3, 0.4) is 0 Å². The first-order valence-electron chi connectivity index (χ1n) is 13.3. The van der Waals surface area contributed by atoms with Gasteiger partial charge in [0.25, 0.3) is 11.8 Å².